The van der Waals surface area contributed by atoms with Gasteiger partial charge in [-0.05, 0) is 53.8 Å². The predicted octanol–water partition coefficient (Wildman–Crippen LogP) is 4.56. The fraction of sp³-hybridized carbons (Fsp3) is 0.143. The van der Waals surface area contributed by atoms with Gasteiger partial charge in [0, 0.05) is 3.57 Å². The summed E-state index contributed by atoms with van der Waals surface area (Å²) in [6.07, 6.45) is -4.79. The molecule has 2 aromatic rings. The lowest BCUT2D eigenvalue weighted by Gasteiger charge is -2.15. The van der Waals surface area contributed by atoms with Gasteiger partial charge in [0.2, 0.25) is 0 Å². The van der Waals surface area contributed by atoms with Crippen molar-refractivity contribution < 1.29 is 26.0 Å². The Morgan fingerprint density at radius 3 is 2.17 bits per heavy atom. The van der Waals surface area contributed by atoms with Gasteiger partial charge in [-0.2, -0.15) is 13.2 Å². The zero-order valence-corrected chi connectivity index (χ0v) is 14.6. The van der Waals surface area contributed by atoms with Gasteiger partial charge < -0.3 is 0 Å². The molecule has 2 aromatic carbocycles. The summed E-state index contributed by atoms with van der Waals surface area (Å²) in [5.74, 6) is -1.18. The largest absolute Gasteiger partial charge is 0.417 e. The van der Waals surface area contributed by atoms with E-state index in [1.165, 1.54) is 34.7 Å². The molecule has 3 nitrogen and oxygen atoms in total. The first-order chi connectivity index (χ1) is 10.5. The summed E-state index contributed by atoms with van der Waals surface area (Å²) in [7, 11) is -4.12. The molecule has 1 N–H and O–H groups in total. The average molecular weight is 459 g/mol. The molecule has 0 heterocycles. The second kappa shape index (κ2) is 6.27. The van der Waals surface area contributed by atoms with Crippen molar-refractivity contribution >= 4 is 38.3 Å². The molecule has 0 aliphatic heterocycles. The molecule has 23 heavy (non-hydrogen) atoms. The Hall–Kier alpha value is -1.36. The van der Waals surface area contributed by atoms with E-state index in [4.69, 9.17) is 0 Å². The second-order valence-corrected chi connectivity index (χ2v) is 7.49. The lowest BCUT2D eigenvalue weighted by Crippen LogP contribution is -2.16. The van der Waals surface area contributed by atoms with Gasteiger partial charge in [0.25, 0.3) is 10.0 Å². The summed E-state index contributed by atoms with van der Waals surface area (Å²) in [6, 6.07) is 6.76. The molecule has 2 rings (SSSR count). The zero-order chi connectivity index (χ0) is 17.4. The molecule has 0 aliphatic rings. The smallest absolute Gasteiger partial charge is 0.278 e. The number of aryl methyl sites for hydroxylation is 1. The Labute approximate surface area is 143 Å². The summed E-state index contributed by atoms with van der Waals surface area (Å²) in [5.41, 5.74) is -0.873. The standard InChI is InChI=1S/C14H10F4INO2S/c1-8-2-4-10(5-3-8)23(21,22)20-12-7-9(15)6-11(13(12)19)14(16,17)18/h2-7,20H,1H3. The molecular weight excluding hydrogens is 449 g/mol. The summed E-state index contributed by atoms with van der Waals surface area (Å²) < 4.78 is 78.0. The van der Waals surface area contributed by atoms with Crippen LogP contribution in [0.4, 0.5) is 23.2 Å². The lowest BCUT2D eigenvalue weighted by atomic mass is 10.2. The molecule has 0 atom stereocenters. The molecule has 0 saturated carbocycles. The number of hydrogen-bond acceptors (Lipinski definition) is 2. The molecule has 0 aliphatic carbocycles. The third-order valence-electron chi connectivity index (χ3n) is 2.92. The van der Waals surface area contributed by atoms with Gasteiger partial charge in [0.1, 0.15) is 5.82 Å². The van der Waals surface area contributed by atoms with E-state index in [2.05, 4.69) is 0 Å². The van der Waals surface area contributed by atoms with Crippen LogP contribution in [0.15, 0.2) is 41.3 Å². The van der Waals surface area contributed by atoms with E-state index in [0.29, 0.717) is 12.1 Å². The van der Waals surface area contributed by atoms with Crippen molar-refractivity contribution in [1.82, 2.24) is 0 Å². The predicted molar refractivity (Wildman–Crippen MR) is 86.1 cm³/mol. The summed E-state index contributed by atoms with van der Waals surface area (Å²) >= 11 is 1.33. The number of anilines is 1. The van der Waals surface area contributed by atoms with Gasteiger partial charge in [-0.3, -0.25) is 4.72 Å². The van der Waals surface area contributed by atoms with Gasteiger partial charge in [-0.15, -0.1) is 0 Å². The van der Waals surface area contributed by atoms with Crippen LogP contribution in [-0.2, 0) is 16.2 Å². The normalized spacial score (nSPS) is 12.3. The van der Waals surface area contributed by atoms with Crippen LogP contribution in [0.5, 0.6) is 0 Å². The number of alkyl halides is 3. The number of rotatable bonds is 3. The third-order valence-corrected chi connectivity index (χ3v) is 5.46. The van der Waals surface area contributed by atoms with Crippen LogP contribution in [-0.4, -0.2) is 8.42 Å². The van der Waals surface area contributed by atoms with Gasteiger partial charge in [0.05, 0.1) is 16.1 Å². The Morgan fingerprint density at radius 1 is 1.09 bits per heavy atom. The summed E-state index contributed by atoms with van der Waals surface area (Å²) in [5, 5.41) is 0. The van der Waals surface area contributed by atoms with Crippen LogP contribution in [0, 0.1) is 16.3 Å². The van der Waals surface area contributed by atoms with Crippen molar-refractivity contribution in [3.8, 4) is 0 Å². The Kier molecular flexibility index (Phi) is 4.90. The third kappa shape index (κ3) is 4.14. The first kappa shape index (κ1) is 18.0. The first-order valence-corrected chi connectivity index (χ1v) is 8.72. The first-order valence-electron chi connectivity index (χ1n) is 6.16. The monoisotopic (exact) mass is 459 g/mol. The van der Waals surface area contributed by atoms with E-state index in [1.807, 2.05) is 4.72 Å². The average Bonchev–Trinajstić information content (AvgIpc) is 2.41. The van der Waals surface area contributed by atoms with Crippen molar-refractivity contribution in [2.75, 3.05) is 4.72 Å². The molecule has 0 unspecified atom stereocenters. The minimum Gasteiger partial charge on any atom is -0.278 e. The number of halogens is 5. The van der Waals surface area contributed by atoms with Crippen LogP contribution in [0.25, 0.3) is 0 Å². The quantitative estimate of drug-likeness (QED) is 0.541. The Morgan fingerprint density at radius 2 is 1.65 bits per heavy atom. The highest BCUT2D eigenvalue weighted by Gasteiger charge is 2.35. The van der Waals surface area contributed by atoms with Gasteiger partial charge in [-0.25, -0.2) is 12.8 Å². The van der Waals surface area contributed by atoms with E-state index >= 15 is 0 Å². The minimum atomic E-state index is -4.79. The highest BCUT2D eigenvalue weighted by Crippen LogP contribution is 2.37. The molecule has 0 fully saturated rings. The highest BCUT2D eigenvalue weighted by molar-refractivity contribution is 14.1. The maximum absolute atomic E-state index is 13.4. The topological polar surface area (TPSA) is 46.2 Å². The molecule has 9 heteroatoms. The van der Waals surface area contributed by atoms with Crippen LogP contribution in [0.2, 0.25) is 0 Å². The van der Waals surface area contributed by atoms with E-state index < -0.39 is 36.8 Å². The molecule has 0 spiro atoms. The molecule has 0 aromatic heterocycles. The van der Waals surface area contributed by atoms with E-state index in [1.54, 1.807) is 19.1 Å². The van der Waals surface area contributed by atoms with Crippen LogP contribution in [0.1, 0.15) is 11.1 Å². The van der Waals surface area contributed by atoms with Crippen molar-refractivity contribution in [3.05, 3.63) is 56.9 Å². The number of nitrogens with one attached hydrogen (secondary N) is 1. The molecular formula is C14H10F4INO2S. The highest BCUT2D eigenvalue weighted by atomic mass is 127. The summed E-state index contributed by atoms with van der Waals surface area (Å²) in [4.78, 5) is -0.128. The maximum Gasteiger partial charge on any atom is 0.417 e. The minimum absolute atomic E-state index is 0.128. The van der Waals surface area contributed by atoms with Gasteiger partial charge >= 0.3 is 6.18 Å². The lowest BCUT2D eigenvalue weighted by molar-refractivity contribution is -0.138. The Bertz CT molecular complexity index is 833. The number of sulfonamides is 1. The van der Waals surface area contributed by atoms with E-state index in [0.717, 1.165) is 5.56 Å². The second-order valence-electron chi connectivity index (χ2n) is 4.73. The molecule has 0 saturated heterocycles. The molecule has 0 radical (unpaired) electrons. The maximum atomic E-state index is 13.4. The van der Waals surface area contributed by atoms with Crippen molar-refractivity contribution in [3.63, 3.8) is 0 Å². The van der Waals surface area contributed by atoms with Gasteiger partial charge in [-0.1, -0.05) is 17.7 Å². The fourth-order valence-electron chi connectivity index (χ4n) is 1.79. The summed E-state index contributed by atoms with van der Waals surface area (Å²) in [6.45, 7) is 1.76. The van der Waals surface area contributed by atoms with Crippen molar-refractivity contribution in [2.45, 2.75) is 18.0 Å². The van der Waals surface area contributed by atoms with Crippen LogP contribution < -0.4 is 4.72 Å². The van der Waals surface area contributed by atoms with E-state index in [-0.39, 0.29) is 4.90 Å². The molecule has 0 amide bonds. The molecule has 124 valence electrons. The fourth-order valence-corrected chi connectivity index (χ4v) is 3.79. The van der Waals surface area contributed by atoms with Crippen LogP contribution >= 0.6 is 22.6 Å². The number of hydrogen-bond donors (Lipinski definition) is 1. The van der Waals surface area contributed by atoms with Crippen molar-refractivity contribution in [1.29, 1.82) is 0 Å². The SMILES string of the molecule is Cc1ccc(S(=O)(=O)Nc2cc(F)cc(C(F)(F)F)c2I)cc1. The molecule has 0 bridgehead atoms. The van der Waals surface area contributed by atoms with Gasteiger partial charge in [0.15, 0.2) is 0 Å². The van der Waals surface area contributed by atoms with Crippen LogP contribution in [0.3, 0.4) is 0 Å². The van der Waals surface area contributed by atoms with E-state index in [9.17, 15) is 26.0 Å². The zero-order valence-electron chi connectivity index (χ0n) is 11.6. The Balaban J connectivity index is 2.48. The van der Waals surface area contributed by atoms with Crippen molar-refractivity contribution in [2.24, 2.45) is 0 Å². The number of benzene rings is 2.